The molecule has 1 aromatic heterocycles. The highest BCUT2D eigenvalue weighted by molar-refractivity contribution is 9.10. The molecule has 2 heterocycles. The Morgan fingerprint density at radius 1 is 1.48 bits per heavy atom. The van der Waals surface area contributed by atoms with Crippen LogP contribution in [0.4, 0.5) is 0 Å². The maximum atomic E-state index is 12.1. The molecule has 4 nitrogen and oxygen atoms in total. The van der Waals surface area contributed by atoms with Gasteiger partial charge in [0.2, 0.25) is 5.91 Å². The number of fused-ring (bicyclic) bond motifs is 3. The molecule has 1 aliphatic rings. The molecule has 1 aromatic carbocycles. The summed E-state index contributed by atoms with van der Waals surface area (Å²) in [5, 5.41) is 4.87. The minimum absolute atomic E-state index is 0.0124. The van der Waals surface area contributed by atoms with Crippen molar-refractivity contribution in [2.75, 3.05) is 19.4 Å². The highest BCUT2D eigenvalue weighted by Crippen LogP contribution is 2.41. The topological polar surface area (TPSA) is 54.1 Å². The van der Waals surface area contributed by atoms with Gasteiger partial charge >= 0.3 is 0 Å². The lowest BCUT2D eigenvalue weighted by molar-refractivity contribution is -0.120. The number of nitrogens with one attached hydrogen (secondary N) is 2. The van der Waals surface area contributed by atoms with Crippen molar-refractivity contribution in [3.63, 3.8) is 0 Å². The van der Waals surface area contributed by atoms with Gasteiger partial charge in [0.15, 0.2) is 0 Å². The van der Waals surface area contributed by atoms with E-state index in [-0.39, 0.29) is 11.8 Å². The molecule has 0 aliphatic carbocycles. The maximum Gasteiger partial charge on any atom is 0.224 e. The number of carbonyl (C=O) groups is 1. The number of hydrogen-bond donors (Lipinski definition) is 2. The second-order valence-electron chi connectivity index (χ2n) is 5.38. The first-order valence-electron chi connectivity index (χ1n) is 7.13. The van der Waals surface area contributed by atoms with Gasteiger partial charge in [0.25, 0.3) is 0 Å². The molecule has 0 radical (unpaired) electrons. The molecule has 0 saturated carbocycles. The number of carbonyl (C=O) groups excluding carboxylic acids is 1. The summed E-state index contributed by atoms with van der Waals surface area (Å²) in [4.78, 5) is 15.5. The lowest BCUT2D eigenvalue weighted by atomic mass is 9.97. The third kappa shape index (κ3) is 3.37. The normalized spacial score (nSPS) is 17.9. The van der Waals surface area contributed by atoms with E-state index in [1.807, 2.05) is 6.26 Å². The zero-order valence-electron chi connectivity index (χ0n) is 12.3. The molecule has 3 rings (SSSR count). The van der Waals surface area contributed by atoms with E-state index in [0.717, 1.165) is 33.1 Å². The molecule has 1 amide bonds. The van der Waals surface area contributed by atoms with Crippen molar-refractivity contribution in [1.29, 1.82) is 0 Å². The quantitative estimate of drug-likeness (QED) is 0.414. The molecule has 2 N–H and O–H groups in total. The van der Waals surface area contributed by atoms with Crippen LogP contribution < -0.4 is 5.32 Å². The number of H-pyrrole nitrogens is 1. The van der Waals surface area contributed by atoms with Gasteiger partial charge < -0.3 is 14.5 Å². The first-order chi connectivity index (χ1) is 11.0. The van der Waals surface area contributed by atoms with Crippen LogP contribution in [0.1, 0.15) is 23.6 Å². The Kier molecular flexibility index (Phi) is 5.48. The molecule has 2 aromatic rings. The van der Waals surface area contributed by atoms with Crippen molar-refractivity contribution in [1.82, 2.24) is 10.3 Å². The Morgan fingerprint density at radius 2 is 2.26 bits per heavy atom. The van der Waals surface area contributed by atoms with Crippen LogP contribution in [0.15, 0.2) is 10.5 Å². The number of aromatic nitrogens is 1. The fraction of sp³-hybridized carbons (Fsp3) is 0.400. The summed E-state index contributed by atoms with van der Waals surface area (Å²) in [7, 11) is 0. The maximum absolute atomic E-state index is 12.1. The van der Waals surface area contributed by atoms with Crippen LogP contribution in [-0.4, -0.2) is 30.3 Å². The van der Waals surface area contributed by atoms with Crippen molar-refractivity contribution >= 4 is 68.0 Å². The average molecular weight is 438 g/mol. The van der Waals surface area contributed by atoms with Crippen molar-refractivity contribution < 1.29 is 8.98 Å². The lowest BCUT2D eigenvalue weighted by Gasteiger charge is -2.14. The van der Waals surface area contributed by atoms with Crippen molar-refractivity contribution in [3.8, 4) is 0 Å². The molecular weight excluding hydrogens is 423 g/mol. The van der Waals surface area contributed by atoms with Crippen LogP contribution in [0, 0.1) is 0 Å². The van der Waals surface area contributed by atoms with Crippen molar-refractivity contribution in [2.24, 2.45) is 0 Å². The summed E-state index contributed by atoms with van der Waals surface area (Å²) in [6.07, 6.45) is 3.03. The summed E-state index contributed by atoms with van der Waals surface area (Å²) in [6, 6.07) is 1.77. The standard InChI is InChI=1S/C15H15BrCl2N2O2S/c1-23-22-3-2-7-6-19-11(21)4-8-12-9(16)5-10(17)13(18)15(12)20-14(7)8/h5,7,20H,2-4,6H2,1H3,(H,19,21). The minimum atomic E-state index is 0.0124. The molecule has 1 aliphatic heterocycles. The SMILES string of the molecule is CSOCCC1CNC(=O)Cc2c1[nH]c1c(Cl)c(Cl)cc(Br)c21. The second kappa shape index (κ2) is 7.23. The van der Waals surface area contributed by atoms with Crippen LogP contribution in [0.2, 0.25) is 10.0 Å². The summed E-state index contributed by atoms with van der Waals surface area (Å²) in [5.41, 5.74) is 2.80. The summed E-state index contributed by atoms with van der Waals surface area (Å²) in [6.45, 7) is 1.20. The van der Waals surface area contributed by atoms with E-state index in [4.69, 9.17) is 27.4 Å². The first kappa shape index (κ1) is 17.4. The van der Waals surface area contributed by atoms with E-state index in [1.54, 1.807) is 6.07 Å². The predicted molar refractivity (Wildman–Crippen MR) is 99.6 cm³/mol. The van der Waals surface area contributed by atoms with Gasteiger partial charge in [0.1, 0.15) is 0 Å². The fourth-order valence-corrected chi connectivity index (χ4v) is 4.43. The molecule has 1 atom stereocenters. The molecule has 0 spiro atoms. The number of amides is 1. The number of aromatic amines is 1. The van der Waals surface area contributed by atoms with Crippen molar-refractivity contribution in [3.05, 3.63) is 31.8 Å². The van der Waals surface area contributed by atoms with Gasteiger partial charge in [0, 0.05) is 34.3 Å². The summed E-state index contributed by atoms with van der Waals surface area (Å²) in [5.74, 6) is 0.163. The minimum Gasteiger partial charge on any atom is -0.357 e. The number of hydrogen-bond acceptors (Lipinski definition) is 3. The zero-order chi connectivity index (χ0) is 16.6. The largest absolute Gasteiger partial charge is 0.357 e. The molecule has 0 saturated heterocycles. The van der Waals surface area contributed by atoms with Crippen LogP contribution >= 0.6 is 51.2 Å². The zero-order valence-corrected chi connectivity index (χ0v) is 16.3. The van der Waals surface area contributed by atoms with E-state index in [2.05, 4.69) is 26.2 Å². The van der Waals surface area contributed by atoms with Gasteiger partial charge in [-0.15, -0.1) is 0 Å². The molecule has 0 fully saturated rings. The second-order valence-corrected chi connectivity index (χ2v) is 7.59. The lowest BCUT2D eigenvalue weighted by Crippen LogP contribution is -2.26. The molecule has 8 heteroatoms. The summed E-state index contributed by atoms with van der Waals surface area (Å²) < 4.78 is 6.23. The predicted octanol–water partition coefficient (Wildman–Crippen LogP) is 4.68. The highest BCUT2D eigenvalue weighted by atomic mass is 79.9. The Hall–Kier alpha value is -0.400. The smallest absolute Gasteiger partial charge is 0.224 e. The Labute approximate surface area is 157 Å². The third-order valence-electron chi connectivity index (χ3n) is 4.02. The van der Waals surface area contributed by atoms with Gasteiger partial charge in [0.05, 0.1) is 28.6 Å². The summed E-state index contributed by atoms with van der Waals surface area (Å²) >= 11 is 17.4. The highest BCUT2D eigenvalue weighted by Gasteiger charge is 2.28. The number of rotatable bonds is 4. The fourth-order valence-electron chi connectivity index (χ4n) is 2.97. The van der Waals surface area contributed by atoms with Gasteiger partial charge in [-0.2, -0.15) is 0 Å². The van der Waals surface area contributed by atoms with E-state index in [1.165, 1.54) is 12.0 Å². The third-order valence-corrected chi connectivity index (χ3v) is 5.83. The molecule has 23 heavy (non-hydrogen) atoms. The number of halogens is 3. The number of benzene rings is 1. The van der Waals surface area contributed by atoms with Crippen LogP contribution in [-0.2, 0) is 15.4 Å². The van der Waals surface area contributed by atoms with E-state index in [0.29, 0.717) is 29.6 Å². The molecule has 124 valence electrons. The molecule has 0 bridgehead atoms. The van der Waals surface area contributed by atoms with E-state index in [9.17, 15) is 4.79 Å². The van der Waals surface area contributed by atoms with Gasteiger partial charge in [-0.3, -0.25) is 4.79 Å². The first-order valence-corrected chi connectivity index (χ1v) is 9.83. The van der Waals surface area contributed by atoms with Crippen LogP contribution in [0.5, 0.6) is 0 Å². The van der Waals surface area contributed by atoms with Gasteiger partial charge in [-0.05, 0) is 30.1 Å². The Balaban J connectivity index is 2.12. The van der Waals surface area contributed by atoms with Crippen LogP contribution in [0.25, 0.3) is 10.9 Å². The van der Waals surface area contributed by atoms with Crippen LogP contribution in [0.3, 0.4) is 0 Å². The average Bonchev–Trinajstić information content (AvgIpc) is 2.81. The van der Waals surface area contributed by atoms with Gasteiger partial charge in [-0.1, -0.05) is 39.1 Å². The molecular formula is C15H15BrCl2N2O2S. The Morgan fingerprint density at radius 3 is 3.00 bits per heavy atom. The molecule has 1 unspecified atom stereocenters. The van der Waals surface area contributed by atoms with E-state index < -0.39 is 0 Å². The van der Waals surface area contributed by atoms with E-state index >= 15 is 0 Å². The Bertz CT molecular complexity index is 766. The van der Waals surface area contributed by atoms with Crippen molar-refractivity contribution in [2.45, 2.75) is 18.8 Å². The van der Waals surface area contributed by atoms with Gasteiger partial charge in [-0.25, -0.2) is 0 Å². The monoisotopic (exact) mass is 436 g/mol.